The first-order valence-corrected chi connectivity index (χ1v) is 9.25. The van der Waals surface area contributed by atoms with E-state index in [0.717, 1.165) is 11.1 Å². The molecule has 0 aliphatic rings. The molecule has 0 aliphatic carbocycles. The lowest BCUT2D eigenvalue weighted by Gasteiger charge is -2.14. The Morgan fingerprint density at radius 1 is 1.21 bits per heavy atom. The number of aromatic nitrogens is 1. The Labute approximate surface area is 142 Å². The van der Waals surface area contributed by atoms with Gasteiger partial charge in [-0.3, -0.25) is 14.5 Å². The van der Waals surface area contributed by atoms with E-state index in [1.54, 1.807) is 37.5 Å². The van der Waals surface area contributed by atoms with Crippen LogP contribution in [0.5, 0.6) is 0 Å². The SMILES string of the molecule is Cc1ccc(NS(=O)(=O)CC(C)C(=O)NCc2cccnc2)cc1. The average molecular weight is 347 g/mol. The van der Waals surface area contributed by atoms with Gasteiger partial charge in [0.15, 0.2) is 0 Å². The highest BCUT2D eigenvalue weighted by Gasteiger charge is 2.21. The van der Waals surface area contributed by atoms with Crippen molar-refractivity contribution in [2.45, 2.75) is 20.4 Å². The van der Waals surface area contributed by atoms with E-state index in [2.05, 4.69) is 15.0 Å². The van der Waals surface area contributed by atoms with Crippen LogP contribution in [0.15, 0.2) is 48.8 Å². The summed E-state index contributed by atoms with van der Waals surface area (Å²) in [6.45, 7) is 3.84. The molecular weight excluding hydrogens is 326 g/mol. The molecule has 2 rings (SSSR count). The number of nitrogens with one attached hydrogen (secondary N) is 2. The lowest BCUT2D eigenvalue weighted by Crippen LogP contribution is -2.34. The van der Waals surface area contributed by atoms with Crippen molar-refractivity contribution in [2.75, 3.05) is 10.5 Å². The third-order valence-electron chi connectivity index (χ3n) is 3.43. The Hall–Kier alpha value is -2.41. The van der Waals surface area contributed by atoms with Gasteiger partial charge in [0.25, 0.3) is 0 Å². The zero-order valence-corrected chi connectivity index (χ0v) is 14.5. The molecule has 0 spiro atoms. The van der Waals surface area contributed by atoms with Crippen LogP contribution in [0.1, 0.15) is 18.1 Å². The van der Waals surface area contributed by atoms with E-state index >= 15 is 0 Å². The Bertz CT molecular complexity index is 774. The van der Waals surface area contributed by atoms with Gasteiger partial charge in [-0.1, -0.05) is 30.7 Å². The molecule has 1 aromatic carbocycles. The second kappa shape index (κ2) is 7.92. The minimum absolute atomic E-state index is 0.278. The maximum Gasteiger partial charge on any atom is 0.233 e. The molecule has 1 amide bonds. The highest BCUT2D eigenvalue weighted by atomic mass is 32.2. The minimum atomic E-state index is -3.60. The van der Waals surface area contributed by atoms with Crippen molar-refractivity contribution in [2.24, 2.45) is 5.92 Å². The lowest BCUT2D eigenvalue weighted by molar-refractivity contribution is -0.124. The van der Waals surface area contributed by atoms with Gasteiger partial charge in [-0.05, 0) is 30.7 Å². The van der Waals surface area contributed by atoms with Crippen LogP contribution in [-0.4, -0.2) is 25.1 Å². The summed E-state index contributed by atoms with van der Waals surface area (Å²) in [5, 5.41) is 2.72. The maximum absolute atomic E-state index is 12.2. The summed E-state index contributed by atoms with van der Waals surface area (Å²) in [6.07, 6.45) is 3.30. The molecule has 128 valence electrons. The van der Waals surface area contributed by atoms with E-state index in [0.29, 0.717) is 12.2 Å². The number of nitrogens with zero attached hydrogens (tertiary/aromatic N) is 1. The fraction of sp³-hybridized carbons (Fsp3) is 0.294. The maximum atomic E-state index is 12.2. The number of hydrogen-bond donors (Lipinski definition) is 2. The first-order chi connectivity index (χ1) is 11.4. The molecule has 0 aliphatic heterocycles. The van der Waals surface area contributed by atoms with Gasteiger partial charge in [0.2, 0.25) is 15.9 Å². The Morgan fingerprint density at radius 2 is 1.92 bits per heavy atom. The van der Waals surface area contributed by atoms with E-state index in [1.165, 1.54) is 0 Å². The number of carbonyl (C=O) groups is 1. The van der Waals surface area contributed by atoms with Crippen molar-refractivity contribution in [1.29, 1.82) is 0 Å². The van der Waals surface area contributed by atoms with Gasteiger partial charge in [0, 0.05) is 24.6 Å². The molecule has 2 aromatic rings. The zero-order valence-electron chi connectivity index (χ0n) is 13.7. The van der Waals surface area contributed by atoms with Gasteiger partial charge in [0.05, 0.1) is 11.7 Å². The van der Waals surface area contributed by atoms with Gasteiger partial charge < -0.3 is 5.32 Å². The summed E-state index contributed by atoms with van der Waals surface area (Å²) in [5.41, 5.74) is 2.39. The highest BCUT2D eigenvalue weighted by molar-refractivity contribution is 7.92. The fourth-order valence-electron chi connectivity index (χ4n) is 2.11. The van der Waals surface area contributed by atoms with Crippen molar-refractivity contribution < 1.29 is 13.2 Å². The predicted molar refractivity (Wildman–Crippen MR) is 93.8 cm³/mol. The molecule has 24 heavy (non-hydrogen) atoms. The smallest absolute Gasteiger partial charge is 0.233 e. The standard InChI is InChI=1S/C17H21N3O3S/c1-13-5-7-16(8-6-13)20-24(22,23)12-14(2)17(21)19-11-15-4-3-9-18-10-15/h3-10,14,20H,11-12H2,1-2H3,(H,19,21). The first kappa shape index (κ1) is 17.9. The Kier molecular flexibility index (Phi) is 5.92. The van der Waals surface area contributed by atoms with Crippen molar-refractivity contribution >= 4 is 21.6 Å². The van der Waals surface area contributed by atoms with E-state index in [9.17, 15) is 13.2 Å². The lowest BCUT2D eigenvalue weighted by atomic mass is 10.2. The third-order valence-corrected chi connectivity index (χ3v) is 4.92. The second-order valence-electron chi connectivity index (χ2n) is 5.73. The van der Waals surface area contributed by atoms with Crippen molar-refractivity contribution in [3.63, 3.8) is 0 Å². The molecule has 1 heterocycles. The molecule has 0 saturated heterocycles. The van der Waals surface area contributed by atoms with Crippen LogP contribution >= 0.6 is 0 Å². The van der Waals surface area contributed by atoms with Gasteiger partial charge in [0.1, 0.15) is 0 Å². The summed E-state index contributed by atoms with van der Waals surface area (Å²) < 4.78 is 26.8. The Morgan fingerprint density at radius 3 is 2.54 bits per heavy atom. The number of hydrogen-bond acceptors (Lipinski definition) is 4. The van der Waals surface area contributed by atoms with Crippen LogP contribution in [0, 0.1) is 12.8 Å². The summed E-state index contributed by atoms with van der Waals surface area (Å²) >= 11 is 0. The van der Waals surface area contributed by atoms with Gasteiger partial charge >= 0.3 is 0 Å². The summed E-state index contributed by atoms with van der Waals surface area (Å²) in [7, 11) is -3.60. The van der Waals surface area contributed by atoms with Crippen molar-refractivity contribution in [3.8, 4) is 0 Å². The van der Waals surface area contributed by atoms with E-state index in [-0.39, 0.29) is 11.7 Å². The molecule has 1 atom stereocenters. The normalized spacial score (nSPS) is 12.4. The number of anilines is 1. The second-order valence-corrected chi connectivity index (χ2v) is 7.50. The molecule has 6 nitrogen and oxygen atoms in total. The third kappa shape index (κ3) is 5.66. The van der Waals surface area contributed by atoms with Crippen LogP contribution in [-0.2, 0) is 21.4 Å². The molecule has 1 unspecified atom stereocenters. The highest BCUT2D eigenvalue weighted by Crippen LogP contribution is 2.12. The number of benzene rings is 1. The minimum Gasteiger partial charge on any atom is -0.352 e. The van der Waals surface area contributed by atoms with Crippen LogP contribution < -0.4 is 10.0 Å². The monoisotopic (exact) mass is 347 g/mol. The predicted octanol–water partition coefficient (Wildman–Crippen LogP) is 2.08. The number of rotatable bonds is 7. The van der Waals surface area contributed by atoms with Gasteiger partial charge in [-0.15, -0.1) is 0 Å². The number of aryl methyl sites for hydroxylation is 1. The molecular formula is C17H21N3O3S. The number of sulfonamides is 1. The number of pyridine rings is 1. The molecule has 7 heteroatoms. The van der Waals surface area contributed by atoms with Crippen molar-refractivity contribution in [1.82, 2.24) is 10.3 Å². The molecule has 2 N–H and O–H groups in total. The summed E-state index contributed by atoms with van der Waals surface area (Å²) in [4.78, 5) is 16.0. The van der Waals surface area contributed by atoms with Gasteiger partial charge in [-0.25, -0.2) is 8.42 Å². The van der Waals surface area contributed by atoms with Crippen LogP contribution in [0.25, 0.3) is 0 Å². The van der Waals surface area contributed by atoms with E-state index < -0.39 is 15.9 Å². The molecule has 0 fully saturated rings. The molecule has 0 radical (unpaired) electrons. The molecule has 0 bridgehead atoms. The number of amides is 1. The quantitative estimate of drug-likeness (QED) is 0.803. The van der Waals surface area contributed by atoms with Crippen LogP contribution in [0.2, 0.25) is 0 Å². The molecule has 0 saturated carbocycles. The summed E-state index contributed by atoms with van der Waals surface area (Å²) in [6, 6.07) is 10.7. The van der Waals surface area contributed by atoms with E-state index in [4.69, 9.17) is 0 Å². The number of carbonyl (C=O) groups excluding carboxylic acids is 1. The van der Waals surface area contributed by atoms with Crippen molar-refractivity contribution in [3.05, 3.63) is 59.9 Å². The van der Waals surface area contributed by atoms with Crippen LogP contribution in [0.4, 0.5) is 5.69 Å². The summed E-state index contributed by atoms with van der Waals surface area (Å²) in [5.74, 6) is -1.25. The fourth-order valence-corrected chi connectivity index (χ4v) is 3.50. The topological polar surface area (TPSA) is 88.2 Å². The zero-order chi connectivity index (χ0) is 17.6. The van der Waals surface area contributed by atoms with E-state index in [1.807, 2.05) is 25.1 Å². The van der Waals surface area contributed by atoms with Crippen LogP contribution in [0.3, 0.4) is 0 Å². The molecule has 1 aromatic heterocycles. The van der Waals surface area contributed by atoms with Gasteiger partial charge in [-0.2, -0.15) is 0 Å². The largest absolute Gasteiger partial charge is 0.352 e. The average Bonchev–Trinajstić information content (AvgIpc) is 2.55. The first-order valence-electron chi connectivity index (χ1n) is 7.59. The Balaban J connectivity index is 1.88.